The number of nitrogens with one attached hydrogen (secondary N) is 1. The molecule has 0 saturated heterocycles. The number of ether oxygens (including phenoxy) is 1. The van der Waals surface area contributed by atoms with Crippen LogP contribution in [0.5, 0.6) is 5.88 Å². The summed E-state index contributed by atoms with van der Waals surface area (Å²) in [6.45, 7) is 2.62. The first-order valence-corrected chi connectivity index (χ1v) is 9.56. The molecular weight excluding hydrogens is 366 g/mol. The predicted molar refractivity (Wildman–Crippen MR) is 97.6 cm³/mol. The zero-order valence-corrected chi connectivity index (χ0v) is 15.3. The SMILES string of the molecule is Brc1ccc(CCOc2nc(C3CC3)nc3c2CCNCC3)cc1. The van der Waals surface area contributed by atoms with Gasteiger partial charge in [-0.2, -0.15) is 4.98 Å². The van der Waals surface area contributed by atoms with Crippen LogP contribution in [-0.4, -0.2) is 29.7 Å². The van der Waals surface area contributed by atoms with Gasteiger partial charge in [0.05, 0.1) is 12.3 Å². The van der Waals surface area contributed by atoms with Crippen LogP contribution in [0.25, 0.3) is 0 Å². The van der Waals surface area contributed by atoms with Gasteiger partial charge in [0.15, 0.2) is 0 Å². The molecule has 0 amide bonds. The van der Waals surface area contributed by atoms with E-state index in [0.717, 1.165) is 48.5 Å². The van der Waals surface area contributed by atoms with Crippen molar-refractivity contribution < 1.29 is 4.74 Å². The first-order valence-electron chi connectivity index (χ1n) is 8.77. The molecule has 0 unspecified atom stereocenters. The lowest BCUT2D eigenvalue weighted by molar-refractivity contribution is 0.303. The molecule has 2 aliphatic rings. The van der Waals surface area contributed by atoms with E-state index in [2.05, 4.69) is 45.5 Å². The zero-order valence-electron chi connectivity index (χ0n) is 13.7. The van der Waals surface area contributed by atoms with Gasteiger partial charge in [-0.1, -0.05) is 28.1 Å². The summed E-state index contributed by atoms with van der Waals surface area (Å²) < 4.78 is 7.23. The Morgan fingerprint density at radius 1 is 1.08 bits per heavy atom. The van der Waals surface area contributed by atoms with Crippen LogP contribution in [0.3, 0.4) is 0 Å². The van der Waals surface area contributed by atoms with Crippen molar-refractivity contribution in [1.82, 2.24) is 15.3 Å². The van der Waals surface area contributed by atoms with E-state index in [1.165, 1.54) is 29.7 Å². The molecule has 0 bridgehead atoms. The Bertz CT molecular complexity index is 713. The lowest BCUT2D eigenvalue weighted by Gasteiger charge is -2.14. The molecule has 1 aromatic heterocycles. The normalized spacial score (nSPS) is 17.2. The maximum atomic E-state index is 6.12. The number of benzene rings is 1. The molecule has 1 fully saturated rings. The molecule has 126 valence electrons. The Balaban J connectivity index is 1.50. The van der Waals surface area contributed by atoms with Gasteiger partial charge in [-0.3, -0.25) is 0 Å². The van der Waals surface area contributed by atoms with Crippen molar-refractivity contribution in [2.24, 2.45) is 0 Å². The molecule has 1 aromatic carbocycles. The quantitative estimate of drug-likeness (QED) is 0.853. The van der Waals surface area contributed by atoms with Crippen LogP contribution < -0.4 is 10.1 Å². The summed E-state index contributed by atoms with van der Waals surface area (Å²) >= 11 is 3.47. The van der Waals surface area contributed by atoms with Crippen molar-refractivity contribution in [1.29, 1.82) is 0 Å². The molecule has 0 spiro atoms. The number of fused-ring (bicyclic) bond motifs is 1. The fourth-order valence-corrected chi connectivity index (χ4v) is 3.35. The highest BCUT2D eigenvalue weighted by Gasteiger charge is 2.29. The molecular formula is C19H22BrN3O. The Labute approximate surface area is 151 Å². The lowest BCUT2D eigenvalue weighted by Crippen LogP contribution is -2.16. The molecule has 1 aliphatic heterocycles. The Kier molecular flexibility index (Phi) is 4.81. The number of hydrogen-bond donors (Lipinski definition) is 1. The third-order valence-electron chi connectivity index (χ3n) is 4.65. The second-order valence-corrected chi connectivity index (χ2v) is 7.48. The number of hydrogen-bond acceptors (Lipinski definition) is 4. The molecule has 1 saturated carbocycles. The van der Waals surface area contributed by atoms with E-state index in [4.69, 9.17) is 14.7 Å². The van der Waals surface area contributed by atoms with Crippen molar-refractivity contribution in [3.05, 3.63) is 51.4 Å². The standard InChI is InChI=1S/C19H22BrN3O/c20-15-5-1-13(2-6-15)9-12-24-19-16-7-10-21-11-8-17(16)22-18(23-19)14-3-4-14/h1-2,5-6,14,21H,3-4,7-12H2. The third kappa shape index (κ3) is 3.78. The highest BCUT2D eigenvalue weighted by atomic mass is 79.9. The van der Waals surface area contributed by atoms with Crippen LogP contribution in [0.4, 0.5) is 0 Å². The van der Waals surface area contributed by atoms with Crippen molar-refractivity contribution in [2.75, 3.05) is 19.7 Å². The number of aromatic nitrogens is 2. The van der Waals surface area contributed by atoms with Crippen molar-refractivity contribution in [2.45, 2.75) is 38.0 Å². The van der Waals surface area contributed by atoms with Crippen LogP contribution in [0.2, 0.25) is 0 Å². The number of rotatable bonds is 5. The molecule has 2 heterocycles. The molecule has 2 aromatic rings. The van der Waals surface area contributed by atoms with E-state index in [0.29, 0.717) is 12.5 Å². The fourth-order valence-electron chi connectivity index (χ4n) is 3.09. The molecule has 1 N–H and O–H groups in total. The van der Waals surface area contributed by atoms with Gasteiger partial charge in [0.2, 0.25) is 5.88 Å². The minimum atomic E-state index is 0.556. The third-order valence-corrected chi connectivity index (χ3v) is 5.18. The largest absolute Gasteiger partial charge is 0.477 e. The summed E-state index contributed by atoms with van der Waals surface area (Å²) in [5, 5.41) is 3.45. The van der Waals surface area contributed by atoms with E-state index in [-0.39, 0.29) is 0 Å². The van der Waals surface area contributed by atoms with E-state index in [9.17, 15) is 0 Å². The fraction of sp³-hybridized carbons (Fsp3) is 0.474. The summed E-state index contributed by atoms with van der Waals surface area (Å²) in [5.74, 6) is 2.37. The summed E-state index contributed by atoms with van der Waals surface area (Å²) in [4.78, 5) is 9.60. The average molecular weight is 388 g/mol. The Morgan fingerprint density at radius 3 is 2.67 bits per heavy atom. The second-order valence-electron chi connectivity index (χ2n) is 6.56. The van der Waals surface area contributed by atoms with Crippen LogP contribution >= 0.6 is 15.9 Å². The molecule has 4 nitrogen and oxygen atoms in total. The Morgan fingerprint density at radius 2 is 1.88 bits per heavy atom. The van der Waals surface area contributed by atoms with Gasteiger partial charge >= 0.3 is 0 Å². The molecule has 0 radical (unpaired) electrons. The lowest BCUT2D eigenvalue weighted by atomic mass is 10.1. The van der Waals surface area contributed by atoms with Gasteiger partial charge in [-0.15, -0.1) is 0 Å². The zero-order chi connectivity index (χ0) is 16.4. The van der Waals surface area contributed by atoms with E-state index >= 15 is 0 Å². The Hall–Kier alpha value is -1.46. The van der Waals surface area contributed by atoms with Gasteiger partial charge in [0.1, 0.15) is 5.82 Å². The molecule has 4 rings (SSSR count). The smallest absolute Gasteiger partial charge is 0.220 e. The monoisotopic (exact) mass is 387 g/mol. The number of halogens is 1. The summed E-state index contributed by atoms with van der Waals surface area (Å²) in [6.07, 6.45) is 5.25. The summed E-state index contributed by atoms with van der Waals surface area (Å²) in [7, 11) is 0. The topological polar surface area (TPSA) is 47.0 Å². The predicted octanol–water partition coefficient (Wildman–Crippen LogP) is 3.43. The maximum Gasteiger partial charge on any atom is 0.220 e. The highest BCUT2D eigenvalue weighted by molar-refractivity contribution is 9.10. The second kappa shape index (κ2) is 7.19. The summed E-state index contributed by atoms with van der Waals surface area (Å²) in [5.41, 5.74) is 3.68. The minimum absolute atomic E-state index is 0.556. The van der Waals surface area contributed by atoms with E-state index < -0.39 is 0 Å². The van der Waals surface area contributed by atoms with Gasteiger partial charge in [0, 0.05) is 35.3 Å². The van der Waals surface area contributed by atoms with Crippen LogP contribution in [0.15, 0.2) is 28.7 Å². The highest BCUT2D eigenvalue weighted by Crippen LogP contribution is 2.39. The van der Waals surface area contributed by atoms with Crippen molar-refractivity contribution >= 4 is 15.9 Å². The van der Waals surface area contributed by atoms with Crippen molar-refractivity contribution in [3.8, 4) is 5.88 Å². The minimum Gasteiger partial charge on any atom is -0.477 e. The van der Waals surface area contributed by atoms with E-state index in [1.807, 2.05) is 0 Å². The van der Waals surface area contributed by atoms with Crippen LogP contribution in [0, 0.1) is 0 Å². The van der Waals surface area contributed by atoms with E-state index in [1.54, 1.807) is 0 Å². The van der Waals surface area contributed by atoms with Crippen LogP contribution in [0.1, 0.15) is 41.4 Å². The maximum absolute atomic E-state index is 6.12. The average Bonchev–Trinajstić information content (AvgIpc) is 3.43. The van der Waals surface area contributed by atoms with Gasteiger partial charge in [-0.05, 0) is 43.5 Å². The molecule has 0 atom stereocenters. The van der Waals surface area contributed by atoms with Gasteiger partial charge < -0.3 is 10.1 Å². The molecule has 1 aliphatic carbocycles. The van der Waals surface area contributed by atoms with Gasteiger partial charge in [0.25, 0.3) is 0 Å². The molecule has 24 heavy (non-hydrogen) atoms. The summed E-state index contributed by atoms with van der Waals surface area (Å²) in [6, 6.07) is 8.41. The van der Waals surface area contributed by atoms with Crippen molar-refractivity contribution in [3.63, 3.8) is 0 Å². The van der Waals surface area contributed by atoms with Crippen LogP contribution in [-0.2, 0) is 19.3 Å². The van der Waals surface area contributed by atoms with Gasteiger partial charge in [-0.25, -0.2) is 4.98 Å². The first-order chi connectivity index (χ1) is 11.8. The molecule has 5 heteroatoms. The number of nitrogens with zero attached hydrogens (tertiary/aromatic N) is 2. The first kappa shape index (κ1) is 16.0.